The number of ether oxygens (including phenoxy) is 1. The number of benzene rings is 1. The van der Waals surface area contributed by atoms with Gasteiger partial charge in [-0.1, -0.05) is 0 Å². The third-order valence-corrected chi connectivity index (χ3v) is 5.37. The topological polar surface area (TPSA) is 80.2 Å². The van der Waals surface area contributed by atoms with Crippen LogP contribution in [0.4, 0.5) is 5.82 Å². The number of anilines is 1. The molecule has 154 valence electrons. The molecule has 0 aliphatic carbocycles. The van der Waals surface area contributed by atoms with Crippen molar-refractivity contribution in [3.8, 4) is 17.0 Å². The van der Waals surface area contributed by atoms with Gasteiger partial charge in [0.2, 0.25) is 5.91 Å². The summed E-state index contributed by atoms with van der Waals surface area (Å²) in [6.45, 7) is 2.06. The molecule has 30 heavy (non-hydrogen) atoms. The van der Waals surface area contributed by atoms with E-state index in [-0.39, 0.29) is 11.8 Å². The lowest BCUT2D eigenvalue weighted by atomic mass is 9.97. The number of carbonyl (C=O) groups is 1. The summed E-state index contributed by atoms with van der Waals surface area (Å²) in [4.78, 5) is 27.8. The highest BCUT2D eigenvalue weighted by Gasteiger charge is 2.26. The van der Waals surface area contributed by atoms with Crippen molar-refractivity contribution >= 4 is 11.7 Å². The minimum Gasteiger partial charge on any atom is -0.497 e. The molecule has 1 atom stereocenters. The number of nitrogens with zero attached hydrogens (tertiary/aromatic N) is 4. The molecule has 1 aliphatic heterocycles. The fraction of sp³-hybridized carbons (Fsp3) is 0.304. The fourth-order valence-corrected chi connectivity index (χ4v) is 3.67. The van der Waals surface area contributed by atoms with Crippen molar-refractivity contribution in [3.63, 3.8) is 0 Å². The Balaban J connectivity index is 1.42. The maximum absolute atomic E-state index is 12.7. The van der Waals surface area contributed by atoms with E-state index in [9.17, 15) is 4.79 Å². The predicted octanol–water partition coefficient (Wildman–Crippen LogP) is 3.08. The Bertz CT molecular complexity index is 978. The molecule has 1 aromatic carbocycles. The third kappa shape index (κ3) is 4.74. The second kappa shape index (κ2) is 9.35. The Morgan fingerprint density at radius 3 is 2.73 bits per heavy atom. The molecule has 1 N–H and O–H groups in total. The Hall–Kier alpha value is -3.48. The van der Waals surface area contributed by atoms with Crippen LogP contribution in [-0.4, -0.2) is 41.1 Å². The van der Waals surface area contributed by atoms with Gasteiger partial charge in [-0.3, -0.25) is 9.78 Å². The Labute approximate surface area is 176 Å². The summed E-state index contributed by atoms with van der Waals surface area (Å²) in [6.07, 6.45) is 6.89. The first kappa shape index (κ1) is 19.8. The standard InChI is InChI=1S/C23H25N5O2/c1-30-20-6-4-18(5-7-20)21-13-22(27-16-26-21)28-12-2-3-19(15-28)23(29)25-14-17-8-10-24-11-9-17/h4-11,13,16,19H,2-3,12,14-15H2,1H3,(H,25,29). The molecule has 7 heteroatoms. The first-order chi connectivity index (χ1) is 14.7. The minimum atomic E-state index is -0.0556. The van der Waals surface area contributed by atoms with E-state index in [4.69, 9.17) is 4.74 Å². The first-order valence-electron chi connectivity index (χ1n) is 10.1. The van der Waals surface area contributed by atoms with Crippen molar-refractivity contribution in [2.75, 3.05) is 25.1 Å². The number of amides is 1. The Kier molecular flexibility index (Phi) is 6.17. The lowest BCUT2D eigenvalue weighted by Gasteiger charge is -2.33. The van der Waals surface area contributed by atoms with Crippen LogP contribution >= 0.6 is 0 Å². The van der Waals surface area contributed by atoms with Crippen molar-refractivity contribution in [3.05, 3.63) is 66.7 Å². The summed E-state index contributed by atoms with van der Waals surface area (Å²) in [6, 6.07) is 13.6. The van der Waals surface area contributed by atoms with Gasteiger partial charge in [-0.2, -0.15) is 0 Å². The minimum absolute atomic E-state index is 0.0556. The van der Waals surface area contributed by atoms with Crippen LogP contribution in [0.25, 0.3) is 11.3 Å². The molecule has 4 rings (SSSR count). The molecule has 3 heterocycles. The average molecular weight is 403 g/mol. The van der Waals surface area contributed by atoms with Gasteiger partial charge in [0.15, 0.2) is 0 Å². The lowest BCUT2D eigenvalue weighted by molar-refractivity contribution is -0.125. The monoisotopic (exact) mass is 403 g/mol. The number of nitrogens with one attached hydrogen (secondary N) is 1. The fourth-order valence-electron chi connectivity index (χ4n) is 3.67. The number of piperidine rings is 1. The normalized spacial score (nSPS) is 16.2. The number of rotatable bonds is 6. The van der Waals surface area contributed by atoms with Crippen LogP contribution in [0.3, 0.4) is 0 Å². The zero-order chi connectivity index (χ0) is 20.8. The van der Waals surface area contributed by atoms with E-state index in [1.54, 1.807) is 25.8 Å². The van der Waals surface area contributed by atoms with Gasteiger partial charge in [0.05, 0.1) is 18.7 Å². The molecule has 1 fully saturated rings. The quantitative estimate of drug-likeness (QED) is 0.681. The molecule has 0 bridgehead atoms. The smallest absolute Gasteiger partial charge is 0.225 e. The number of hydrogen-bond acceptors (Lipinski definition) is 6. The molecule has 1 unspecified atom stereocenters. The second-order valence-electron chi connectivity index (χ2n) is 7.35. The van der Waals surface area contributed by atoms with Gasteiger partial charge < -0.3 is 15.0 Å². The van der Waals surface area contributed by atoms with E-state index < -0.39 is 0 Å². The SMILES string of the molecule is COc1ccc(-c2cc(N3CCCC(C(=O)NCc4ccncc4)C3)ncn2)cc1. The highest BCUT2D eigenvalue weighted by Crippen LogP contribution is 2.26. The average Bonchev–Trinajstić information content (AvgIpc) is 2.83. The molecule has 0 radical (unpaired) electrons. The van der Waals surface area contributed by atoms with E-state index in [2.05, 4.69) is 25.2 Å². The number of carbonyl (C=O) groups excluding carboxylic acids is 1. The highest BCUT2D eigenvalue weighted by atomic mass is 16.5. The molecule has 3 aromatic rings. The van der Waals surface area contributed by atoms with Gasteiger partial charge in [0.25, 0.3) is 0 Å². The zero-order valence-corrected chi connectivity index (χ0v) is 17.0. The molecule has 7 nitrogen and oxygen atoms in total. The summed E-state index contributed by atoms with van der Waals surface area (Å²) < 4.78 is 5.22. The van der Waals surface area contributed by atoms with E-state index in [1.807, 2.05) is 42.5 Å². The Morgan fingerprint density at radius 1 is 1.17 bits per heavy atom. The predicted molar refractivity (Wildman–Crippen MR) is 115 cm³/mol. The van der Waals surface area contributed by atoms with Gasteiger partial charge in [-0.25, -0.2) is 9.97 Å². The Morgan fingerprint density at radius 2 is 1.97 bits per heavy atom. The van der Waals surface area contributed by atoms with E-state index >= 15 is 0 Å². The van der Waals surface area contributed by atoms with E-state index in [0.29, 0.717) is 13.1 Å². The van der Waals surface area contributed by atoms with E-state index in [1.165, 1.54) is 0 Å². The van der Waals surface area contributed by atoms with Gasteiger partial charge in [0.1, 0.15) is 17.9 Å². The first-order valence-corrected chi connectivity index (χ1v) is 10.1. The number of hydrogen-bond donors (Lipinski definition) is 1. The van der Waals surface area contributed by atoms with Crippen LogP contribution in [0, 0.1) is 5.92 Å². The van der Waals surface area contributed by atoms with Crippen molar-refractivity contribution in [2.24, 2.45) is 5.92 Å². The van der Waals surface area contributed by atoms with Gasteiger partial charge in [-0.05, 0) is 54.8 Å². The molecular weight excluding hydrogens is 378 g/mol. The molecule has 0 spiro atoms. The summed E-state index contributed by atoms with van der Waals surface area (Å²) >= 11 is 0. The molecule has 1 aliphatic rings. The van der Waals surface area contributed by atoms with Crippen LogP contribution in [0.1, 0.15) is 18.4 Å². The van der Waals surface area contributed by atoms with Crippen LogP contribution in [-0.2, 0) is 11.3 Å². The summed E-state index contributed by atoms with van der Waals surface area (Å²) in [5.41, 5.74) is 2.90. The number of aromatic nitrogens is 3. The molecule has 1 amide bonds. The second-order valence-corrected chi connectivity index (χ2v) is 7.35. The van der Waals surface area contributed by atoms with Gasteiger partial charge in [-0.15, -0.1) is 0 Å². The van der Waals surface area contributed by atoms with Crippen LogP contribution < -0.4 is 15.0 Å². The van der Waals surface area contributed by atoms with Gasteiger partial charge in [0, 0.05) is 43.7 Å². The summed E-state index contributed by atoms with van der Waals surface area (Å²) in [7, 11) is 1.65. The highest BCUT2D eigenvalue weighted by molar-refractivity contribution is 5.79. The van der Waals surface area contributed by atoms with Crippen molar-refractivity contribution in [2.45, 2.75) is 19.4 Å². The van der Waals surface area contributed by atoms with Crippen molar-refractivity contribution in [1.82, 2.24) is 20.3 Å². The third-order valence-electron chi connectivity index (χ3n) is 5.37. The van der Waals surface area contributed by atoms with E-state index in [0.717, 1.165) is 47.8 Å². The molecule has 0 saturated carbocycles. The van der Waals surface area contributed by atoms with Gasteiger partial charge >= 0.3 is 0 Å². The maximum Gasteiger partial charge on any atom is 0.225 e. The number of methoxy groups -OCH3 is 1. The summed E-state index contributed by atoms with van der Waals surface area (Å²) in [5, 5.41) is 3.05. The zero-order valence-electron chi connectivity index (χ0n) is 17.0. The maximum atomic E-state index is 12.7. The summed E-state index contributed by atoms with van der Waals surface area (Å²) in [5.74, 6) is 1.69. The molecule has 2 aromatic heterocycles. The molecule has 1 saturated heterocycles. The number of pyridine rings is 1. The van der Waals surface area contributed by atoms with Crippen molar-refractivity contribution in [1.29, 1.82) is 0 Å². The van der Waals surface area contributed by atoms with Crippen LogP contribution in [0.5, 0.6) is 5.75 Å². The van der Waals surface area contributed by atoms with Crippen LogP contribution in [0.15, 0.2) is 61.2 Å². The lowest BCUT2D eigenvalue weighted by Crippen LogP contribution is -2.43. The molecular formula is C23H25N5O2. The van der Waals surface area contributed by atoms with Crippen LogP contribution in [0.2, 0.25) is 0 Å². The largest absolute Gasteiger partial charge is 0.497 e. The van der Waals surface area contributed by atoms with Crippen molar-refractivity contribution < 1.29 is 9.53 Å².